The van der Waals surface area contributed by atoms with Crippen molar-refractivity contribution in [2.45, 2.75) is 51.0 Å². The van der Waals surface area contributed by atoms with E-state index in [9.17, 15) is 0 Å². The molecule has 2 aliphatic rings. The van der Waals surface area contributed by atoms with Crippen LogP contribution >= 0.6 is 0 Å². The summed E-state index contributed by atoms with van der Waals surface area (Å²) in [4.78, 5) is 0. The molecule has 1 spiro atoms. The van der Waals surface area contributed by atoms with Crippen LogP contribution in [0.3, 0.4) is 0 Å². The lowest BCUT2D eigenvalue weighted by Crippen LogP contribution is -2.36. The van der Waals surface area contributed by atoms with Gasteiger partial charge in [-0.25, -0.2) is 0 Å². The standard InChI is InChI=1S/C15H21N/c1-14(2,3)12-4-5-13-11(10-12)6-9-16-15(13)7-8-15/h4-5,10,16H,6-9H2,1-3H3. The Balaban J connectivity index is 2.06. The second-order valence-electron chi connectivity index (χ2n) is 6.38. The van der Waals surface area contributed by atoms with Crippen molar-refractivity contribution in [3.05, 3.63) is 34.9 Å². The van der Waals surface area contributed by atoms with Gasteiger partial charge < -0.3 is 5.32 Å². The normalized spacial score (nSPS) is 21.9. The SMILES string of the molecule is CC(C)(C)c1ccc2c(c1)CCNC21CC1. The Hall–Kier alpha value is -0.820. The monoisotopic (exact) mass is 215 g/mol. The largest absolute Gasteiger partial charge is 0.307 e. The van der Waals surface area contributed by atoms with Crippen molar-refractivity contribution in [2.24, 2.45) is 0 Å². The molecule has 1 N–H and O–H groups in total. The molecule has 1 saturated carbocycles. The van der Waals surface area contributed by atoms with Gasteiger partial charge in [-0.2, -0.15) is 0 Å². The molecule has 16 heavy (non-hydrogen) atoms. The maximum absolute atomic E-state index is 3.68. The molecular weight excluding hydrogens is 194 g/mol. The van der Waals surface area contributed by atoms with Gasteiger partial charge in [0.05, 0.1) is 0 Å². The molecule has 3 rings (SSSR count). The van der Waals surface area contributed by atoms with Gasteiger partial charge >= 0.3 is 0 Å². The minimum absolute atomic E-state index is 0.274. The summed E-state index contributed by atoms with van der Waals surface area (Å²) < 4.78 is 0. The molecule has 0 bridgehead atoms. The van der Waals surface area contributed by atoms with Crippen molar-refractivity contribution in [1.82, 2.24) is 5.32 Å². The highest BCUT2D eigenvalue weighted by molar-refractivity contribution is 5.44. The van der Waals surface area contributed by atoms with E-state index in [1.54, 1.807) is 11.1 Å². The second kappa shape index (κ2) is 3.10. The second-order valence-corrected chi connectivity index (χ2v) is 6.38. The fourth-order valence-electron chi connectivity index (χ4n) is 2.84. The van der Waals surface area contributed by atoms with E-state index in [1.807, 2.05) is 0 Å². The predicted molar refractivity (Wildman–Crippen MR) is 67.8 cm³/mol. The van der Waals surface area contributed by atoms with Gasteiger partial charge in [0.15, 0.2) is 0 Å². The molecule has 0 unspecified atom stereocenters. The van der Waals surface area contributed by atoms with Crippen LogP contribution in [-0.4, -0.2) is 6.54 Å². The third-order valence-corrected chi connectivity index (χ3v) is 4.09. The van der Waals surface area contributed by atoms with E-state index in [-0.39, 0.29) is 5.41 Å². The molecule has 1 nitrogen and oxygen atoms in total. The fourth-order valence-corrected chi connectivity index (χ4v) is 2.84. The zero-order valence-electron chi connectivity index (χ0n) is 10.6. The first-order valence-electron chi connectivity index (χ1n) is 6.40. The van der Waals surface area contributed by atoms with Crippen LogP contribution in [0.2, 0.25) is 0 Å². The Morgan fingerprint density at radius 2 is 1.94 bits per heavy atom. The first-order valence-corrected chi connectivity index (χ1v) is 6.40. The summed E-state index contributed by atoms with van der Waals surface area (Å²) in [5, 5.41) is 3.68. The maximum atomic E-state index is 3.68. The van der Waals surface area contributed by atoms with Crippen LogP contribution in [0.15, 0.2) is 18.2 Å². The highest BCUT2D eigenvalue weighted by Gasteiger charge is 2.46. The Labute approximate surface area is 98.3 Å². The van der Waals surface area contributed by atoms with E-state index in [0.717, 1.165) is 6.54 Å². The highest BCUT2D eigenvalue weighted by atomic mass is 15.0. The quantitative estimate of drug-likeness (QED) is 0.701. The minimum atomic E-state index is 0.274. The average molecular weight is 215 g/mol. The Morgan fingerprint density at radius 1 is 1.19 bits per heavy atom. The van der Waals surface area contributed by atoms with Gasteiger partial charge in [-0.15, -0.1) is 0 Å². The molecule has 1 heteroatoms. The number of hydrogen-bond donors (Lipinski definition) is 1. The van der Waals surface area contributed by atoms with E-state index >= 15 is 0 Å². The predicted octanol–water partition coefficient (Wildman–Crippen LogP) is 3.12. The summed E-state index contributed by atoms with van der Waals surface area (Å²) in [7, 11) is 0. The zero-order chi connectivity index (χ0) is 11.4. The van der Waals surface area contributed by atoms with E-state index in [0.29, 0.717) is 5.54 Å². The summed E-state index contributed by atoms with van der Waals surface area (Å²) in [6.07, 6.45) is 3.85. The van der Waals surface area contributed by atoms with Gasteiger partial charge in [0.2, 0.25) is 0 Å². The third kappa shape index (κ3) is 1.49. The minimum Gasteiger partial charge on any atom is -0.307 e. The van der Waals surface area contributed by atoms with Gasteiger partial charge in [0.25, 0.3) is 0 Å². The number of hydrogen-bond acceptors (Lipinski definition) is 1. The average Bonchev–Trinajstić information content (AvgIpc) is 2.97. The summed E-state index contributed by atoms with van der Waals surface area (Å²) in [6.45, 7) is 8.04. The van der Waals surface area contributed by atoms with Gasteiger partial charge in [-0.05, 0) is 41.4 Å². The molecule has 0 aromatic heterocycles. The van der Waals surface area contributed by atoms with Crippen LogP contribution < -0.4 is 5.32 Å². The topological polar surface area (TPSA) is 12.0 Å². The molecular formula is C15H21N. The molecule has 1 aromatic carbocycles. The number of fused-ring (bicyclic) bond motifs is 2. The van der Waals surface area contributed by atoms with Crippen LogP contribution in [0.5, 0.6) is 0 Å². The number of benzene rings is 1. The lowest BCUT2D eigenvalue weighted by Gasteiger charge is -2.29. The summed E-state index contributed by atoms with van der Waals surface area (Å²) in [5.41, 5.74) is 5.29. The Kier molecular flexibility index (Phi) is 2.00. The number of nitrogens with one attached hydrogen (secondary N) is 1. The molecule has 0 atom stereocenters. The molecule has 0 radical (unpaired) electrons. The smallest absolute Gasteiger partial charge is 0.0439 e. The molecule has 1 aromatic rings. The summed E-state index contributed by atoms with van der Waals surface area (Å²) in [5.74, 6) is 0. The van der Waals surface area contributed by atoms with Crippen molar-refractivity contribution < 1.29 is 0 Å². The molecule has 1 fully saturated rings. The van der Waals surface area contributed by atoms with Crippen molar-refractivity contribution in [1.29, 1.82) is 0 Å². The van der Waals surface area contributed by atoms with Crippen molar-refractivity contribution in [2.75, 3.05) is 6.54 Å². The molecule has 0 saturated heterocycles. The number of rotatable bonds is 0. The van der Waals surface area contributed by atoms with Crippen LogP contribution in [0.25, 0.3) is 0 Å². The van der Waals surface area contributed by atoms with Crippen LogP contribution in [-0.2, 0) is 17.4 Å². The maximum Gasteiger partial charge on any atom is 0.0439 e. The fraction of sp³-hybridized carbons (Fsp3) is 0.600. The van der Waals surface area contributed by atoms with Gasteiger partial charge in [-0.3, -0.25) is 0 Å². The van der Waals surface area contributed by atoms with Crippen LogP contribution in [0.4, 0.5) is 0 Å². The first-order chi connectivity index (χ1) is 7.51. The van der Waals surface area contributed by atoms with Gasteiger partial charge in [-0.1, -0.05) is 39.0 Å². The molecule has 0 amide bonds. The van der Waals surface area contributed by atoms with Crippen LogP contribution in [0.1, 0.15) is 50.3 Å². The molecule has 1 heterocycles. The van der Waals surface area contributed by atoms with E-state index in [4.69, 9.17) is 0 Å². The van der Waals surface area contributed by atoms with Crippen LogP contribution in [0, 0.1) is 0 Å². The first kappa shape index (κ1) is 10.3. The Bertz CT molecular complexity index is 422. The van der Waals surface area contributed by atoms with Crippen molar-refractivity contribution >= 4 is 0 Å². The Morgan fingerprint density at radius 3 is 2.56 bits per heavy atom. The lowest BCUT2D eigenvalue weighted by molar-refractivity contribution is 0.487. The molecule has 86 valence electrons. The third-order valence-electron chi connectivity index (χ3n) is 4.09. The van der Waals surface area contributed by atoms with E-state index < -0.39 is 0 Å². The highest BCUT2D eigenvalue weighted by Crippen LogP contribution is 2.48. The summed E-state index contributed by atoms with van der Waals surface area (Å²) >= 11 is 0. The van der Waals surface area contributed by atoms with Gasteiger partial charge in [0.1, 0.15) is 0 Å². The summed E-state index contributed by atoms with van der Waals surface area (Å²) in [6, 6.07) is 7.14. The molecule has 1 aliphatic carbocycles. The van der Waals surface area contributed by atoms with Gasteiger partial charge in [0, 0.05) is 12.1 Å². The van der Waals surface area contributed by atoms with E-state index in [2.05, 4.69) is 44.3 Å². The van der Waals surface area contributed by atoms with E-state index in [1.165, 1.54) is 24.8 Å². The van der Waals surface area contributed by atoms with Crippen molar-refractivity contribution in [3.8, 4) is 0 Å². The van der Waals surface area contributed by atoms with Crippen molar-refractivity contribution in [3.63, 3.8) is 0 Å². The lowest BCUT2D eigenvalue weighted by atomic mass is 9.82. The zero-order valence-corrected chi connectivity index (χ0v) is 10.6. The molecule has 1 aliphatic heterocycles.